The van der Waals surface area contributed by atoms with Crippen molar-refractivity contribution < 1.29 is 4.74 Å². The van der Waals surface area contributed by atoms with Crippen LogP contribution < -0.4 is 10.1 Å². The van der Waals surface area contributed by atoms with E-state index in [-0.39, 0.29) is 0 Å². The molecular weight excluding hydrogens is 206 g/mol. The Morgan fingerprint density at radius 1 is 1.40 bits per heavy atom. The Labute approximate surface area is 95.4 Å². The van der Waals surface area contributed by atoms with Crippen LogP contribution in [0.1, 0.15) is 18.5 Å². The Morgan fingerprint density at radius 2 is 2.20 bits per heavy atom. The van der Waals surface area contributed by atoms with Crippen LogP contribution in [-0.4, -0.2) is 24.7 Å². The van der Waals surface area contributed by atoms with E-state index in [2.05, 4.69) is 29.6 Å². The van der Waals surface area contributed by atoms with E-state index in [4.69, 9.17) is 4.74 Å². The molecule has 82 valence electrons. The summed E-state index contributed by atoms with van der Waals surface area (Å²) in [5.41, 5.74) is 1.37. The minimum absolute atomic E-state index is 0.513. The van der Waals surface area contributed by atoms with Gasteiger partial charge in [0.25, 0.3) is 0 Å². The van der Waals surface area contributed by atoms with Gasteiger partial charge in [-0.2, -0.15) is 11.8 Å². The molecule has 1 aliphatic heterocycles. The van der Waals surface area contributed by atoms with Crippen molar-refractivity contribution in [2.75, 3.05) is 24.7 Å². The molecule has 1 heterocycles. The Hall–Kier alpha value is -0.670. The maximum Gasteiger partial charge on any atom is 0.119 e. The van der Waals surface area contributed by atoms with Crippen LogP contribution in [-0.2, 0) is 0 Å². The molecule has 3 heteroatoms. The van der Waals surface area contributed by atoms with Gasteiger partial charge in [-0.05, 0) is 24.6 Å². The summed E-state index contributed by atoms with van der Waals surface area (Å²) in [4.78, 5) is 0. The highest BCUT2D eigenvalue weighted by molar-refractivity contribution is 7.99. The predicted octanol–water partition coefficient (Wildman–Crippen LogP) is 2.46. The van der Waals surface area contributed by atoms with Crippen LogP contribution in [0.3, 0.4) is 0 Å². The first-order valence-corrected chi connectivity index (χ1v) is 6.59. The van der Waals surface area contributed by atoms with Crippen LogP contribution in [0.2, 0.25) is 0 Å². The summed E-state index contributed by atoms with van der Waals surface area (Å²) in [6.07, 6.45) is 0. The van der Waals surface area contributed by atoms with Crippen molar-refractivity contribution in [1.29, 1.82) is 0 Å². The molecule has 1 fully saturated rings. The lowest BCUT2D eigenvalue weighted by Crippen LogP contribution is -2.30. The molecule has 1 N–H and O–H groups in total. The standard InChI is InChI=1S/C12H17NOS/c1-2-14-11-5-3-10(4-6-11)12-9-15-8-7-13-12/h3-6,12-13H,2,7-9H2,1H3. The average molecular weight is 223 g/mol. The van der Waals surface area contributed by atoms with Crippen molar-refractivity contribution >= 4 is 11.8 Å². The third-order valence-corrected chi connectivity index (χ3v) is 3.58. The van der Waals surface area contributed by atoms with Crippen LogP contribution >= 0.6 is 11.8 Å². The zero-order valence-corrected chi connectivity index (χ0v) is 9.85. The van der Waals surface area contributed by atoms with Gasteiger partial charge < -0.3 is 10.1 Å². The van der Waals surface area contributed by atoms with Gasteiger partial charge in [-0.1, -0.05) is 12.1 Å². The van der Waals surface area contributed by atoms with Gasteiger partial charge in [-0.15, -0.1) is 0 Å². The normalized spacial score (nSPS) is 21.3. The van der Waals surface area contributed by atoms with Crippen molar-refractivity contribution in [2.24, 2.45) is 0 Å². The molecule has 0 spiro atoms. The molecule has 0 bridgehead atoms. The van der Waals surface area contributed by atoms with Crippen molar-refractivity contribution in [2.45, 2.75) is 13.0 Å². The lowest BCUT2D eigenvalue weighted by Gasteiger charge is -2.23. The van der Waals surface area contributed by atoms with Crippen molar-refractivity contribution in [3.63, 3.8) is 0 Å². The third-order valence-electron chi connectivity index (χ3n) is 2.52. The second-order valence-corrected chi connectivity index (χ2v) is 4.73. The van der Waals surface area contributed by atoms with E-state index < -0.39 is 0 Å². The molecule has 1 saturated heterocycles. The molecule has 15 heavy (non-hydrogen) atoms. The Bertz CT molecular complexity index is 293. The highest BCUT2D eigenvalue weighted by atomic mass is 32.2. The SMILES string of the molecule is CCOc1ccc(C2CSCCN2)cc1. The van der Waals surface area contributed by atoms with E-state index in [1.54, 1.807) is 0 Å². The van der Waals surface area contributed by atoms with Gasteiger partial charge in [0.1, 0.15) is 5.75 Å². The van der Waals surface area contributed by atoms with Gasteiger partial charge in [-0.25, -0.2) is 0 Å². The predicted molar refractivity (Wildman–Crippen MR) is 65.7 cm³/mol. The van der Waals surface area contributed by atoms with Crippen LogP contribution in [0.25, 0.3) is 0 Å². The quantitative estimate of drug-likeness (QED) is 0.850. The van der Waals surface area contributed by atoms with E-state index >= 15 is 0 Å². The topological polar surface area (TPSA) is 21.3 Å². The van der Waals surface area contributed by atoms with Gasteiger partial charge >= 0.3 is 0 Å². The largest absolute Gasteiger partial charge is 0.494 e. The molecule has 1 aromatic rings. The fourth-order valence-electron chi connectivity index (χ4n) is 1.74. The Morgan fingerprint density at radius 3 is 2.80 bits per heavy atom. The number of rotatable bonds is 3. The average Bonchev–Trinajstić information content (AvgIpc) is 2.32. The number of nitrogens with one attached hydrogen (secondary N) is 1. The molecule has 0 radical (unpaired) electrons. The van der Waals surface area contributed by atoms with Crippen LogP contribution in [0, 0.1) is 0 Å². The number of hydrogen-bond acceptors (Lipinski definition) is 3. The van der Waals surface area contributed by atoms with Crippen molar-refractivity contribution in [3.8, 4) is 5.75 Å². The highest BCUT2D eigenvalue weighted by Gasteiger charge is 2.14. The van der Waals surface area contributed by atoms with Gasteiger partial charge in [0.05, 0.1) is 6.61 Å². The number of hydrogen-bond donors (Lipinski definition) is 1. The number of thioether (sulfide) groups is 1. The first kappa shape index (κ1) is 10.8. The summed E-state index contributed by atoms with van der Waals surface area (Å²) in [6, 6.07) is 8.95. The Kier molecular flexibility index (Phi) is 3.92. The Balaban J connectivity index is 2.02. The maximum atomic E-state index is 5.42. The first-order valence-electron chi connectivity index (χ1n) is 5.44. The maximum absolute atomic E-state index is 5.42. The smallest absolute Gasteiger partial charge is 0.119 e. The molecule has 2 rings (SSSR count). The zero-order chi connectivity index (χ0) is 10.5. The van der Waals surface area contributed by atoms with Crippen molar-refractivity contribution in [1.82, 2.24) is 5.32 Å². The third kappa shape index (κ3) is 2.89. The summed E-state index contributed by atoms with van der Waals surface area (Å²) in [5, 5.41) is 3.53. The fourth-order valence-corrected chi connectivity index (χ4v) is 2.72. The van der Waals surface area contributed by atoms with Gasteiger partial charge in [0.2, 0.25) is 0 Å². The molecule has 0 saturated carbocycles. The molecule has 1 aromatic carbocycles. The summed E-state index contributed by atoms with van der Waals surface area (Å²) >= 11 is 2.02. The molecule has 1 unspecified atom stereocenters. The summed E-state index contributed by atoms with van der Waals surface area (Å²) in [6.45, 7) is 3.85. The zero-order valence-electron chi connectivity index (χ0n) is 9.03. The minimum Gasteiger partial charge on any atom is -0.494 e. The van der Waals surface area contributed by atoms with Crippen LogP contribution in [0.4, 0.5) is 0 Å². The summed E-state index contributed by atoms with van der Waals surface area (Å²) in [5.74, 6) is 3.37. The minimum atomic E-state index is 0.513. The van der Waals surface area contributed by atoms with E-state index in [1.165, 1.54) is 17.1 Å². The molecule has 1 atom stereocenters. The highest BCUT2D eigenvalue weighted by Crippen LogP contribution is 2.23. The fraction of sp³-hybridized carbons (Fsp3) is 0.500. The molecule has 0 aliphatic carbocycles. The lowest BCUT2D eigenvalue weighted by molar-refractivity contribution is 0.340. The summed E-state index contributed by atoms with van der Waals surface area (Å²) < 4.78 is 5.42. The van der Waals surface area contributed by atoms with Crippen molar-refractivity contribution in [3.05, 3.63) is 29.8 Å². The van der Waals surface area contributed by atoms with E-state index in [0.29, 0.717) is 6.04 Å². The number of ether oxygens (including phenoxy) is 1. The second-order valence-electron chi connectivity index (χ2n) is 3.58. The van der Waals surface area contributed by atoms with E-state index in [9.17, 15) is 0 Å². The van der Waals surface area contributed by atoms with E-state index in [0.717, 1.165) is 18.9 Å². The van der Waals surface area contributed by atoms with Crippen LogP contribution in [0.5, 0.6) is 5.75 Å². The van der Waals surface area contributed by atoms with Gasteiger partial charge in [-0.3, -0.25) is 0 Å². The molecular formula is C12H17NOS. The molecule has 2 nitrogen and oxygen atoms in total. The monoisotopic (exact) mass is 223 g/mol. The number of benzene rings is 1. The second kappa shape index (κ2) is 5.42. The van der Waals surface area contributed by atoms with Gasteiger partial charge in [0, 0.05) is 24.1 Å². The molecule has 0 amide bonds. The van der Waals surface area contributed by atoms with E-state index in [1.807, 2.05) is 18.7 Å². The molecule has 1 aliphatic rings. The first-order chi connectivity index (χ1) is 7.40. The summed E-state index contributed by atoms with van der Waals surface area (Å²) in [7, 11) is 0. The molecule has 0 aromatic heterocycles. The van der Waals surface area contributed by atoms with Crippen LogP contribution in [0.15, 0.2) is 24.3 Å². The van der Waals surface area contributed by atoms with Gasteiger partial charge in [0.15, 0.2) is 0 Å². The lowest BCUT2D eigenvalue weighted by atomic mass is 10.1.